The van der Waals surface area contributed by atoms with Crippen LogP contribution < -0.4 is 0 Å². The average Bonchev–Trinajstić information content (AvgIpc) is 3.27. The van der Waals surface area contributed by atoms with Crippen LogP contribution in [0.25, 0.3) is 33.3 Å². The maximum atomic E-state index is 5.15. The van der Waals surface area contributed by atoms with Crippen LogP contribution in [0.1, 0.15) is 23.6 Å². The molecule has 0 saturated heterocycles. The fourth-order valence-corrected chi connectivity index (χ4v) is 4.72. The summed E-state index contributed by atoms with van der Waals surface area (Å²) in [5.74, 6) is 0.759. The predicted molar refractivity (Wildman–Crippen MR) is 123 cm³/mol. The first kappa shape index (κ1) is 18.8. The second-order valence-corrected chi connectivity index (χ2v) is 8.19. The molecule has 5 rings (SSSR count). The van der Waals surface area contributed by atoms with E-state index in [9.17, 15) is 0 Å². The number of benzene rings is 2. The minimum absolute atomic E-state index is 0.691. The number of hydrogen-bond acceptors (Lipinski definition) is 5. The van der Waals surface area contributed by atoms with Crippen molar-refractivity contribution in [3.8, 4) is 11.3 Å². The normalized spacial score (nSPS) is 11.4. The van der Waals surface area contributed by atoms with Gasteiger partial charge in [0.1, 0.15) is 16.9 Å². The zero-order valence-electron chi connectivity index (χ0n) is 16.9. The number of thioether (sulfide) groups is 1. The summed E-state index contributed by atoms with van der Waals surface area (Å²) in [4.78, 5) is 21.2. The van der Waals surface area contributed by atoms with Crippen molar-refractivity contribution in [3.05, 3.63) is 77.9 Å². The molecule has 3 heterocycles. The van der Waals surface area contributed by atoms with E-state index in [-0.39, 0.29) is 0 Å². The summed E-state index contributed by atoms with van der Waals surface area (Å²) < 4.78 is 0. The Labute approximate surface area is 179 Å². The molecule has 6 heteroatoms. The van der Waals surface area contributed by atoms with E-state index in [1.807, 2.05) is 0 Å². The molecule has 0 spiro atoms. The zero-order chi connectivity index (χ0) is 20.5. The van der Waals surface area contributed by atoms with Crippen LogP contribution in [0.2, 0.25) is 0 Å². The van der Waals surface area contributed by atoms with Gasteiger partial charge in [0.25, 0.3) is 0 Å². The van der Waals surface area contributed by atoms with Crippen molar-refractivity contribution >= 4 is 33.8 Å². The van der Waals surface area contributed by atoms with Gasteiger partial charge in [0.05, 0.1) is 17.5 Å². The van der Waals surface area contributed by atoms with E-state index in [2.05, 4.69) is 82.3 Å². The summed E-state index contributed by atoms with van der Waals surface area (Å²) in [7, 11) is 0. The van der Waals surface area contributed by atoms with E-state index >= 15 is 0 Å². The Morgan fingerprint density at radius 1 is 0.967 bits per heavy atom. The third-order valence-corrected chi connectivity index (χ3v) is 6.37. The van der Waals surface area contributed by atoms with Crippen LogP contribution in [0.15, 0.2) is 66.2 Å². The molecular weight excluding hydrogens is 390 g/mol. The monoisotopic (exact) mass is 411 g/mol. The number of aryl methyl sites for hydroxylation is 2. The third-order valence-electron chi connectivity index (χ3n) is 5.33. The van der Waals surface area contributed by atoms with Crippen molar-refractivity contribution in [1.82, 2.24) is 24.9 Å². The molecule has 30 heavy (non-hydrogen) atoms. The lowest BCUT2D eigenvalue weighted by Gasteiger charge is -2.14. The van der Waals surface area contributed by atoms with E-state index in [4.69, 9.17) is 4.98 Å². The average molecular weight is 412 g/mol. The molecule has 0 aliphatic rings. The number of nitrogens with zero attached hydrogens (tertiary/aromatic N) is 4. The predicted octanol–water partition coefficient (Wildman–Crippen LogP) is 5.73. The third kappa shape index (κ3) is 3.33. The molecule has 0 bridgehead atoms. The number of aromatic amines is 1. The van der Waals surface area contributed by atoms with Crippen LogP contribution >= 0.6 is 11.8 Å². The van der Waals surface area contributed by atoms with Gasteiger partial charge in [-0.05, 0) is 36.1 Å². The smallest absolute Gasteiger partial charge is 0.181 e. The Morgan fingerprint density at radius 2 is 1.87 bits per heavy atom. The first-order valence-electron chi connectivity index (χ1n) is 9.99. The van der Waals surface area contributed by atoms with Crippen LogP contribution in [0.4, 0.5) is 0 Å². The number of aromatic nitrogens is 5. The van der Waals surface area contributed by atoms with Crippen molar-refractivity contribution in [2.24, 2.45) is 0 Å². The largest absolute Gasteiger partial charge is 0.341 e. The van der Waals surface area contributed by atoms with Crippen LogP contribution in [0.5, 0.6) is 0 Å². The molecule has 5 nitrogen and oxygen atoms in total. The van der Waals surface area contributed by atoms with E-state index in [1.54, 1.807) is 24.4 Å². The molecule has 0 aliphatic carbocycles. The molecule has 0 saturated carbocycles. The Balaban J connectivity index is 1.63. The maximum absolute atomic E-state index is 5.15. The van der Waals surface area contributed by atoms with E-state index < -0.39 is 0 Å². The molecule has 0 fully saturated rings. The molecule has 0 aliphatic heterocycles. The quantitative estimate of drug-likeness (QED) is 0.295. The van der Waals surface area contributed by atoms with E-state index in [1.165, 1.54) is 22.3 Å². The van der Waals surface area contributed by atoms with Gasteiger partial charge in [-0.3, -0.25) is 0 Å². The number of pyridine rings is 1. The Hall–Kier alpha value is -3.25. The first-order valence-corrected chi connectivity index (χ1v) is 11.0. The number of para-hydroxylation sites is 1. The Morgan fingerprint density at radius 3 is 2.77 bits per heavy atom. The lowest BCUT2D eigenvalue weighted by molar-refractivity contribution is 1.08. The highest BCUT2D eigenvalue weighted by Gasteiger charge is 2.15. The Bertz CT molecular complexity index is 1360. The van der Waals surface area contributed by atoms with E-state index in [0.29, 0.717) is 5.65 Å². The van der Waals surface area contributed by atoms with Gasteiger partial charge < -0.3 is 4.98 Å². The van der Waals surface area contributed by atoms with Gasteiger partial charge in [-0.15, -0.1) is 0 Å². The number of nitrogens with one attached hydrogen (secondary N) is 1. The first-order chi connectivity index (χ1) is 14.7. The number of imidazole rings is 1. The van der Waals surface area contributed by atoms with Gasteiger partial charge in [0.2, 0.25) is 0 Å². The van der Waals surface area contributed by atoms with Gasteiger partial charge in [-0.1, -0.05) is 61.2 Å². The second-order valence-electron chi connectivity index (χ2n) is 7.22. The summed E-state index contributed by atoms with van der Waals surface area (Å²) in [6.07, 6.45) is 4.20. The molecule has 2 aromatic carbocycles. The Kier molecular flexibility index (Phi) is 4.93. The topological polar surface area (TPSA) is 67.3 Å². The fourth-order valence-electron chi connectivity index (χ4n) is 3.79. The van der Waals surface area contributed by atoms with Gasteiger partial charge >= 0.3 is 0 Å². The molecule has 1 N–H and O–H groups in total. The van der Waals surface area contributed by atoms with Gasteiger partial charge in [0.15, 0.2) is 5.65 Å². The maximum Gasteiger partial charge on any atom is 0.181 e. The highest BCUT2D eigenvalue weighted by molar-refractivity contribution is 7.98. The SMILES string of the molecule is CCc1ccccc1-c1nc2c(C)cccc2cc1CSc1ncnc2nc[nH]c12. The van der Waals surface area contributed by atoms with Crippen molar-refractivity contribution < 1.29 is 0 Å². The minimum atomic E-state index is 0.691. The van der Waals surface area contributed by atoms with Crippen LogP contribution in [-0.4, -0.2) is 24.9 Å². The summed E-state index contributed by atoms with van der Waals surface area (Å²) in [6.45, 7) is 4.31. The minimum Gasteiger partial charge on any atom is -0.341 e. The molecule has 0 atom stereocenters. The molecular formula is C24H21N5S. The van der Waals surface area contributed by atoms with E-state index in [0.717, 1.165) is 39.3 Å². The highest BCUT2D eigenvalue weighted by Crippen LogP contribution is 2.34. The highest BCUT2D eigenvalue weighted by atomic mass is 32.2. The van der Waals surface area contributed by atoms with Gasteiger partial charge in [-0.2, -0.15) is 0 Å². The molecule has 148 valence electrons. The summed E-state index contributed by atoms with van der Waals surface area (Å²) in [5, 5.41) is 2.06. The van der Waals surface area contributed by atoms with Crippen molar-refractivity contribution in [2.75, 3.05) is 0 Å². The van der Waals surface area contributed by atoms with Crippen molar-refractivity contribution in [2.45, 2.75) is 31.0 Å². The number of hydrogen-bond donors (Lipinski definition) is 1. The summed E-state index contributed by atoms with van der Waals surface area (Å²) >= 11 is 1.68. The van der Waals surface area contributed by atoms with Crippen LogP contribution in [-0.2, 0) is 12.2 Å². The van der Waals surface area contributed by atoms with Crippen LogP contribution in [0.3, 0.4) is 0 Å². The number of fused-ring (bicyclic) bond motifs is 2. The molecule has 5 aromatic rings. The lowest BCUT2D eigenvalue weighted by Crippen LogP contribution is -1.98. The molecule has 0 amide bonds. The van der Waals surface area contributed by atoms with Crippen molar-refractivity contribution in [1.29, 1.82) is 0 Å². The second kappa shape index (κ2) is 7.88. The van der Waals surface area contributed by atoms with Crippen molar-refractivity contribution in [3.63, 3.8) is 0 Å². The zero-order valence-corrected chi connectivity index (χ0v) is 17.7. The lowest BCUT2D eigenvalue weighted by atomic mass is 9.97. The van der Waals surface area contributed by atoms with Crippen LogP contribution in [0, 0.1) is 6.92 Å². The summed E-state index contributed by atoms with van der Waals surface area (Å²) in [6, 6.07) is 17.2. The molecule has 0 unspecified atom stereocenters. The number of rotatable bonds is 5. The molecule has 3 aromatic heterocycles. The van der Waals surface area contributed by atoms with Gasteiger partial charge in [-0.25, -0.2) is 19.9 Å². The summed E-state index contributed by atoms with van der Waals surface area (Å²) in [5.41, 5.74) is 8.58. The molecule has 0 radical (unpaired) electrons. The number of H-pyrrole nitrogens is 1. The van der Waals surface area contributed by atoms with Gasteiger partial charge in [0, 0.05) is 16.7 Å². The fraction of sp³-hybridized carbons (Fsp3) is 0.167. The standard InChI is InChI=1S/C24H21N5S/c1-3-16-8-4-5-10-19(16)21-18(11-17-9-6-7-15(2)20(17)29-21)12-30-24-22-23(26-13-25-22)27-14-28-24/h4-11,13-14H,3,12H2,1-2H3,(H,25,26,27,28).